The van der Waals surface area contributed by atoms with Crippen LogP contribution in [0.4, 0.5) is 16.0 Å². The number of rotatable bonds is 6. The fourth-order valence-corrected chi connectivity index (χ4v) is 7.12. The van der Waals surface area contributed by atoms with E-state index in [9.17, 15) is 9.59 Å². The summed E-state index contributed by atoms with van der Waals surface area (Å²) in [5, 5.41) is 33.9. The maximum absolute atomic E-state index is 12.5. The van der Waals surface area contributed by atoms with Gasteiger partial charge in [-0.2, -0.15) is 5.26 Å². The first-order chi connectivity index (χ1) is 24.6. The molecule has 5 heterocycles. The van der Waals surface area contributed by atoms with Gasteiger partial charge in [-0.05, 0) is 24.3 Å². The van der Waals surface area contributed by atoms with Crippen molar-refractivity contribution in [2.75, 3.05) is 16.4 Å². The number of pyridine rings is 2. The number of hydrogen-bond donors (Lipinski definition) is 4. The summed E-state index contributed by atoms with van der Waals surface area (Å²) in [6, 6.07) is 27.9. The maximum Gasteiger partial charge on any atom is 0.269 e. The van der Waals surface area contributed by atoms with Gasteiger partial charge < -0.3 is 16.0 Å². The molecule has 0 spiro atoms. The van der Waals surface area contributed by atoms with Crippen LogP contribution in [0.5, 0.6) is 0 Å². The van der Waals surface area contributed by atoms with Crippen molar-refractivity contribution in [2.24, 2.45) is 0 Å². The molecule has 0 atom stereocenters. The van der Waals surface area contributed by atoms with E-state index >= 15 is 0 Å². The SMILES string of the molecule is CCC(=O)Nc1nnc(-c2ccccc2)s1.N#Cc1ccc(Cl)[nH]c1=S.Nc1c(C(=O)Nc2nnc(-c3ccccc3)s2)sc2nc(Cl)ccc12. The van der Waals surface area contributed by atoms with Crippen LogP contribution in [0.25, 0.3) is 31.4 Å². The van der Waals surface area contributed by atoms with Crippen LogP contribution in [0, 0.1) is 16.0 Å². The molecule has 0 aliphatic carbocycles. The summed E-state index contributed by atoms with van der Waals surface area (Å²) >= 11 is 20.1. The van der Waals surface area contributed by atoms with E-state index < -0.39 is 0 Å². The van der Waals surface area contributed by atoms with Gasteiger partial charge in [-0.15, -0.1) is 31.7 Å². The Morgan fingerprint density at radius 3 is 1.98 bits per heavy atom. The normalized spacial score (nSPS) is 10.2. The first-order valence-electron chi connectivity index (χ1n) is 14.7. The fraction of sp³-hybridized carbons (Fsp3) is 0.0606. The van der Waals surface area contributed by atoms with Gasteiger partial charge in [0, 0.05) is 22.9 Å². The standard InChI is InChI=1S/C16H10ClN5OS2.C11H11N3OS.C6H3ClN2S/c17-10-7-6-9-11(18)12(24-15(9)19-10)13(23)20-16-22-21-14(25-16)8-4-2-1-3-5-8;1-2-9(15)12-11-14-13-10(16-11)8-6-4-3-5-7-8;7-5-2-1-4(3-8)6(10)9-5/h1-7H,18H2,(H,20,22,23);3-7H,2H2,1H3,(H,12,14,15);1-2H,(H,9,10). The third kappa shape index (κ3) is 9.98. The van der Waals surface area contributed by atoms with E-state index in [-0.39, 0.29) is 11.8 Å². The van der Waals surface area contributed by atoms with Gasteiger partial charge in [-0.25, -0.2) is 4.98 Å². The van der Waals surface area contributed by atoms with Crippen molar-refractivity contribution >= 4 is 107 Å². The topological polar surface area (TPSA) is 188 Å². The molecule has 0 saturated heterocycles. The summed E-state index contributed by atoms with van der Waals surface area (Å²) in [7, 11) is 0. The summed E-state index contributed by atoms with van der Waals surface area (Å²) in [4.78, 5) is 31.5. The molecular formula is C33H24Cl2N10O2S4. The van der Waals surface area contributed by atoms with Crippen LogP contribution in [0.2, 0.25) is 10.3 Å². The predicted molar refractivity (Wildman–Crippen MR) is 208 cm³/mol. The molecule has 5 N–H and O–H groups in total. The van der Waals surface area contributed by atoms with Crippen molar-refractivity contribution < 1.29 is 9.59 Å². The number of nitrogens with zero attached hydrogens (tertiary/aromatic N) is 6. The van der Waals surface area contributed by atoms with Gasteiger partial charge >= 0.3 is 0 Å². The average molecular weight is 792 g/mol. The Balaban J connectivity index is 0.000000166. The van der Waals surface area contributed by atoms with E-state index in [1.165, 1.54) is 34.0 Å². The number of fused-ring (bicyclic) bond motifs is 1. The third-order valence-corrected chi connectivity index (χ3v) is 10.1. The number of nitrogen functional groups attached to an aromatic ring is 1. The Morgan fingerprint density at radius 1 is 0.843 bits per heavy atom. The Hall–Kier alpha value is -5.15. The molecule has 12 nitrogen and oxygen atoms in total. The highest BCUT2D eigenvalue weighted by molar-refractivity contribution is 7.71. The number of benzene rings is 2. The molecule has 0 fully saturated rings. The molecule has 0 aliphatic heterocycles. The number of halogens is 2. The lowest BCUT2D eigenvalue weighted by Gasteiger charge is -1.99. The average Bonchev–Trinajstić information content (AvgIpc) is 3.89. The zero-order valence-electron chi connectivity index (χ0n) is 26.3. The third-order valence-electron chi connectivity index (χ3n) is 6.44. The van der Waals surface area contributed by atoms with E-state index in [4.69, 9.17) is 46.4 Å². The van der Waals surface area contributed by atoms with Crippen molar-refractivity contribution in [2.45, 2.75) is 13.3 Å². The van der Waals surface area contributed by atoms with Crippen LogP contribution >= 0.6 is 69.4 Å². The number of H-pyrrole nitrogens is 1. The smallest absolute Gasteiger partial charge is 0.269 e. The zero-order chi connectivity index (χ0) is 36.3. The van der Waals surface area contributed by atoms with E-state index in [0.29, 0.717) is 58.0 Å². The number of hydrogen-bond acceptors (Lipinski definition) is 13. The van der Waals surface area contributed by atoms with Crippen LogP contribution in [-0.2, 0) is 4.79 Å². The van der Waals surface area contributed by atoms with Gasteiger partial charge in [0.25, 0.3) is 5.91 Å². The summed E-state index contributed by atoms with van der Waals surface area (Å²) in [6.45, 7) is 1.80. The molecule has 51 heavy (non-hydrogen) atoms. The van der Waals surface area contributed by atoms with Gasteiger partial charge in [0.15, 0.2) is 0 Å². The molecule has 0 unspecified atom stereocenters. The maximum atomic E-state index is 12.5. The van der Waals surface area contributed by atoms with Gasteiger partial charge in [0.2, 0.25) is 16.2 Å². The molecule has 0 saturated carbocycles. The molecule has 256 valence electrons. The van der Waals surface area contributed by atoms with Crippen molar-refractivity contribution in [3.63, 3.8) is 0 Å². The Bertz CT molecular complexity index is 2390. The monoisotopic (exact) mass is 790 g/mol. The summed E-state index contributed by atoms with van der Waals surface area (Å²) in [6.07, 6.45) is 0.445. The highest BCUT2D eigenvalue weighted by Crippen LogP contribution is 2.34. The minimum Gasteiger partial charge on any atom is -0.397 e. The van der Waals surface area contributed by atoms with Crippen LogP contribution in [0.3, 0.4) is 0 Å². The van der Waals surface area contributed by atoms with Gasteiger partial charge in [0.05, 0.1) is 11.3 Å². The number of amides is 2. The number of carbonyl (C=O) groups excluding carboxylic acids is 2. The molecule has 7 aromatic rings. The lowest BCUT2D eigenvalue weighted by Crippen LogP contribution is -2.11. The summed E-state index contributed by atoms with van der Waals surface area (Å²) < 4.78 is 0.384. The number of nitrogens with two attached hydrogens (primary N) is 1. The predicted octanol–water partition coefficient (Wildman–Crippen LogP) is 9.13. The van der Waals surface area contributed by atoms with E-state index in [0.717, 1.165) is 21.1 Å². The van der Waals surface area contributed by atoms with Gasteiger partial charge in [0.1, 0.15) is 40.7 Å². The molecule has 2 amide bonds. The van der Waals surface area contributed by atoms with Gasteiger partial charge in [-0.3, -0.25) is 14.9 Å². The van der Waals surface area contributed by atoms with E-state index in [2.05, 4.69) is 41.0 Å². The fourth-order valence-electron chi connectivity index (χ4n) is 3.98. The molecular weight excluding hydrogens is 768 g/mol. The number of carbonyl (C=O) groups is 2. The van der Waals surface area contributed by atoms with E-state index in [1.807, 2.05) is 66.7 Å². The Morgan fingerprint density at radius 2 is 1.43 bits per heavy atom. The molecule has 0 bridgehead atoms. The van der Waals surface area contributed by atoms with Crippen molar-refractivity contribution in [3.05, 3.63) is 110 Å². The Kier molecular flexibility index (Phi) is 12.9. The second-order valence-electron chi connectivity index (χ2n) is 9.91. The van der Waals surface area contributed by atoms with Crippen molar-refractivity contribution in [3.8, 4) is 27.2 Å². The lowest BCUT2D eigenvalue weighted by molar-refractivity contribution is -0.115. The van der Waals surface area contributed by atoms with Crippen molar-refractivity contribution in [1.29, 1.82) is 5.26 Å². The Labute approximate surface area is 318 Å². The van der Waals surface area contributed by atoms with Crippen LogP contribution < -0.4 is 16.4 Å². The number of thiophene rings is 1. The zero-order valence-corrected chi connectivity index (χ0v) is 31.0. The first kappa shape index (κ1) is 37.1. The minimum absolute atomic E-state index is 0.0456. The molecule has 2 aromatic carbocycles. The lowest BCUT2D eigenvalue weighted by atomic mass is 10.2. The van der Waals surface area contributed by atoms with Gasteiger partial charge in [-0.1, -0.05) is 126 Å². The molecule has 0 aliphatic rings. The first-order valence-corrected chi connectivity index (χ1v) is 18.3. The second-order valence-corrected chi connectivity index (χ2v) is 14.1. The highest BCUT2D eigenvalue weighted by atomic mass is 35.5. The van der Waals surface area contributed by atoms with Crippen LogP contribution in [0.15, 0.2) is 84.9 Å². The number of nitriles is 1. The molecule has 7 rings (SSSR count). The molecule has 0 radical (unpaired) electrons. The minimum atomic E-state index is -0.340. The number of aromatic amines is 1. The number of anilines is 3. The molecule has 18 heteroatoms. The number of aromatic nitrogens is 6. The van der Waals surface area contributed by atoms with Crippen LogP contribution in [0.1, 0.15) is 28.6 Å². The summed E-state index contributed by atoms with van der Waals surface area (Å²) in [5.41, 5.74) is 8.86. The number of nitrogens with one attached hydrogen (secondary N) is 3. The summed E-state index contributed by atoms with van der Waals surface area (Å²) in [5.74, 6) is -0.386. The molecule has 5 aromatic heterocycles. The second kappa shape index (κ2) is 17.7. The largest absolute Gasteiger partial charge is 0.397 e. The quantitative estimate of drug-likeness (QED) is 0.0934. The van der Waals surface area contributed by atoms with Crippen molar-refractivity contribution in [1.82, 2.24) is 30.4 Å². The van der Waals surface area contributed by atoms with Crippen LogP contribution in [-0.4, -0.2) is 42.2 Å². The van der Waals surface area contributed by atoms with E-state index in [1.54, 1.807) is 31.2 Å². The highest BCUT2D eigenvalue weighted by Gasteiger charge is 2.19.